The highest BCUT2D eigenvalue weighted by atomic mass is 35.5. The summed E-state index contributed by atoms with van der Waals surface area (Å²) in [7, 11) is 0. The van der Waals surface area contributed by atoms with Crippen LogP contribution in [0.2, 0.25) is 5.28 Å². The number of terminal acetylenes is 1. The van der Waals surface area contributed by atoms with Crippen molar-refractivity contribution in [1.82, 2.24) is 14.5 Å². The van der Waals surface area contributed by atoms with Crippen LogP contribution in [0.15, 0.2) is 12.3 Å². The van der Waals surface area contributed by atoms with Crippen molar-refractivity contribution < 1.29 is 24.5 Å². The molecule has 9 nitrogen and oxygen atoms in total. The minimum absolute atomic E-state index is 0.0763. The second kappa shape index (κ2) is 11.0. The molecule has 0 unspecified atom stereocenters. The number of unbranched alkanes of at least 4 members (excludes halogenated alkanes) is 5. The highest BCUT2D eigenvalue weighted by Crippen LogP contribution is 2.38. The molecule has 1 saturated heterocycles. The molecular formula is C22H29ClN4O5. The Morgan fingerprint density at radius 3 is 2.84 bits per heavy atom. The van der Waals surface area contributed by atoms with Crippen LogP contribution in [-0.2, 0) is 9.47 Å². The minimum atomic E-state index is -1.49. The molecule has 0 aliphatic carbocycles. The van der Waals surface area contributed by atoms with Crippen molar-refractivity contribution in [2.75, 3.05) is 18.5 Å². The maximum absolute atomic E-state index is 12.2. The topological polar surface area (TPSA) is 119 Å². The summed E-state index contributed by atoms with van der Waals surface area (Å²) in [5, 5.41) is 23.0. The van der Waals surface area contributed by atoms with Gasteiger partial charge in [0, 0.05) is 12.6 Å². The van der Waals surface area contributed by atoms with Gasteiger partial charge < -0.3 is 24.3 Å². The number of hydrogen-bond acceptors (Lipinski definition) is 7. The second-order valence-corrected chi connectivity index (χ2v) is 8.18. The van der Waals surface area contributed by atoms with E-state index in [0.717, 1.165) is 19.3 Å². The third kappa shape index (κ3) is 5.33. The van der Waals surface area contributed by atoms with Gasteiger partial charge in [-0.1, -0.05) is 44.9 Å². The van der Waals surface area contributed by atoms with Crippen LogP contribution in [0.1, 0.15) is 58.1 Å². The van der Waals surface area contributed by atoms with Crippen molar-refractivity contribution in [2.24, 2.45) is 0 Å². The van der Waals surface area contributed by atoms with Crippen molar-refractivity contribution in [1.29, 1.82) is 0 Å². The minimum Gasteiger partial charge on any atom is -0.449 e. The molecule has 0 bridgehead atoms. The molecule has 1 fully saturated rings. The number of aliphatic hydroxyl groups is 2. The van der Waals surface area contributed by atoms with Crippen LogP contribution in [-0.4, -0.2) is 55.8 Å². The normalized spacial score (nSPS) is 22.7. The van der Waals surface area contributed by atoms with E-state index in [2.05, 4.69) is 28.1 Å². The molecule has 1 aliphatic rings. The first-order valence-corrected chi connectivity index (χ1v) is 11.2. The van der Waals surface area contributed by atoms with E-state index < -0.39 is 30.6 Å². The lowest BCUT2D eigenvalue weighted by Crippen LogP contribution is -2.41. The number of hydrogen-bond donors (Lipinski definition) is 3. The Bertz CT molecular complexity index is 975. The SMILES string of the molecule is C#C[C@]1(CO)O[C@@H](n2ccc3c(NC(=O)OCCCCCCCC)nc(Cl)nc32)C[C@@H]1O. The van der Waals surface area contributed by atoms with Crippen LogP contribution in [0, 0.1) is 12.3 Å². The Morgan fingerprint density at radius 1 is 1.41 bits per heavy atom. The molecule has 3 atom stereocenters. The van der Waals surface area contributed by atoms with E-state index in [0.29, 0.717) is 17.6 Å². The Balaban J connectivity index is 1.67. The van der Waals surface area contributed by atoms with E-state index >= 15 is 0 Å². The van der Waals surface area contributed by atoms with Crippen molar-refractivity contribution in [3.63, 3.8) is 0 Å². The number of aliphatic hydroxyl groups excluding tert-OH is 2. The van der Waals surface area contributed by atoms with E-state index in [4.69, 9.17) is 27.5 Å². The number of anilines is 1. The van der Waals surface area contributed by atoms with Crippen LogP contribution in [0.3, 0.4) is 0 Å². The maximum Gasteiger partial charge on any atom is 0.412 e. The number of nitrogens with zero attached hydrogens (tertiary/aromatic N) is 3. The first-order chi connectivity index (χ1) is 15.4. The monoisotopic (exact) mass is 464 g/mol. The molecule has 3 rings (SSSR count). The van der Waals surface area contributed by atoms with E-state index in [1.807, 2.05) is 0 Å². The van der Waals surface area contributed by atoms with Gasteiger partial charge in [0.25, 0.3) is 0 Å². The van der Waals surface area contributed by atoms with Crippen LogP contribution in [0.5, 0.6) is 0 Å². The smallest absolute Gasteiger partial charge is 0.412 e. The molecule has 2 aromatic heterocycles. The van der Waals surface area contributed by atoms with E-state index in [9.17, 15) is 15.0 Å². The predicted molar refractivity (Wildman–Crippen MR) is 120 cm³/mol. The number of fused-ring (bicyclic) bond motifs is 1. The molecule has 10 heteroatoms. The standard InChI is InChI=1S/C22H29ClN4O5/c1-3-5-6-7-8-9-12-31-21(30)25-18-15-10-11-27(19(15)26-20(23)24-18)17-13-16(29)22(4-2,14-28)32-17/h2,10-11,16-17,28-29H,3,5-9,12-14H2,1H3,(H,24,25,26,30)/t16-,17+,22+/m0/s1. The lowest BCUT2D eigenvalue weighted by molar-refractivity contribution is -0.0890. The Kier molecular flexibility index (Phi) is 8.32. The number of carbonyl (C=O) groups is 1. The summed E-state index contributed by atoms with van der Waals surface area (Å²) in [6.07, 6.45) is 11.5. The summed E-state index contributed by atoms with van der Waals surface area (Å²) in [5.74, 6) is 2.54. The van der Waals surface area contributed by atoms with Crippen molar-refractivity contribution in [3.05, 3.63) is 17.5 Å². The summed E-state index contributed by atoms with van der Waals surface area (Å²) in [6.45, 7) is 1.97. The Hall–Kier alpha value is -2.38. The van der Waals surface area contributed by atoms with Gasteiger partial charge in [-0.15, -0.1) is 6.42 Å². The fourth-order valence-electron chi connectivity index (χ4n) is 3.75. The molecule has 1 aliphatic heterocycles. The molecule has 0 aromatic carbocycles. The van der Waals surface area contributed by atoms with Crippen LogP contribution in [0.4, 0.5) is 10.6 Å². The van der Waals surface area contributed by atoms with Crippen molar-refractivity contribution in [3.8, 4) is 12.3 Å². The molecule has 0 saturated carbocycles. The Labute approximate surface area is 192 Å². The van der Waals surface area contributed by atoms with Gasteiger partial charge in [-0.05, 0) is 24.1 Å². The molecular weight excluding hydrogens is 436 g/mol. The van der Waals surface area contributed by atoms with Gasteiger partial charge in [-0.3, -0.25) is 5.32 Å². The number of nitrogens with one attached hydrogen (secondary N) is 1. The summed E-state index contributed by atoms with van der Waals surface area (Å²) >= 11 is 6.08. The number of ether oxygens (including phenoxy) is 2. The number of halogens is 1. The molecule has 1 amide bonds. The number of aromatic nitrogens is 3. The lowest BCUT2D eigenvalue weighted by Gasteiger charge is -2.23. The highest BCUT2D eigenvalue weighted by Gasteiger charge is 2.47. The van der Waals surface area contributed by atoms with Crippen LogP contribution < -0.4 is 5.32 Å². The van der Waals surface area contributed by atoms with Crippen molar-refractivity contribution >= 4 is 34.5 Å². The molecule has 0 spiro atoms. The van der Waals surface area contributed by atoms with E-state index in [-0.39, 0.29) is 17.5 Å². The average Bonchev–Trinajstić information content (AvgIpc) is 3.34. The van der Waals surface area contributed by atoms with Gasteiger partial charge in [-0.25, -0.2) is 4.79 Å². The zero-order valence-electron chi connectivity index (χ0n) is 18.1. The van der Waals surface area contributed by atoms with E-state index in [1.54, 1.807) is 16.8 Å². The van der Waals surface area contributed by atoms with Gasteiger partial charge in [0.15, 0.2) is 5.60 Å². The van der Waals surface area contributed by atoms with Gasteiger partial charge in [-0.2, -0.15) is 9.97 Å². The average molecular weight is 465 g/mol. The molecule has 32 heavy (non-hydrogen) atoms. The van der Waals surface area contributed by atoms with Crippen molar-refractivity contribution in [2.45, 2.75) is 69.8 Å². The molecule has 3 heterocycles. The summed E-state index contributed by atoms with van der Waals surface area (Å²) in [4.78, 5) is 20.6. The van der Waals surface area contributed by atoms with Crippen LogP contribution in [0.25, 0.3) is 11.0 Å². The third-order valence-electron chi connectivity index (χ3n) is 5.60. The number of rotatable bonds is 10. The third-order valence-corrected chi connectivity index (χ3v) is 5.76. The van der Waals surface area contributed by atoms with Gasteiger partial charge in [0.2, 0.25) is 5.28 Å². The summed E-state index contributed by atoms with van der Waals surface area (Å²) in [5.41, 5.74) is -1.10. The molecule has 3 N–H and O–H groups in total. The fourth-order valence-corrected chi connectivity index (χ4v) is 3.92. The fraction of sp³-hybridized carbons (Fsp3) is 0.591. The maximum atomic E-state index is 12.2. The summed E-state index contributed by atoms with van der Waals surface area (Å²) < 4.78 is 12.7. The summed E-state index contributed by atoms with van der Waals surface area (Å²) in [6, 6.07) is 1.69. The quantitative estimate of drug-likeness (QED) is 0.279. The van der Waals surface area contributed by atoms with E-state index in [1.165, 1.54) is 19.3 Å². The second-order valence-electron chi connectivity index (χ2n) is 7.85. The first-order valence-electron chi connectivity index (χ1n) is 10.9. The largest absolute Gasteiger partial charge is 0.449 e. The van der Waals surface area contributed by atoms with Gasteiger partial charge in [0.1, 0.15) is 23.8 Å². The molecule has 174 valence electrons. The molecule has 2 aromatic rings. The lowest BCUT2D eigenvalue weighted by atomic mass is 9.99. The number of carbonyl (C=O) groups excluding carboxylic acids is 1. The number of amides is 1. The van der Waals surface area contributed by atoms with Gasteiger partial charge in [0.05, 0.1) is 18.6 Å². The first kappa shape index (κ1) is 24.3. The molecule has 0 radical (unpaired) electrons. The Morgan fingerprint density at radius 2 is 2.16 bits per heavy atom. The highest BCUT2D eigenvalue weighted by molar-refractivity contribution is 6.28. The zero-order valence-corrected chi connectivity index (χ0v) is 18.8. The van der Waals surface area contributed by atoms with Gasteiger partial charge >= 0.3 is 6.09 Å². The zero-order chi connectivity index (χ0) is 23.1. The predicted octanol–water partition coefficient (Wildman–Crippen LogP) is 3.64. The van der Waals surface area contributed by atoms with Crippen LogP contribution >= 0.6 is 11.6 Å².